The van der Waals surface area contributed by atoms with Crippen LogP contribution in [-0.4, -0.2) is 57.3 Å². The smallest absolute Gasteiger partial charge is 0.256 e. The molecule has 2 heterocycles. The van der Waals surface area contributed by atoms with E-state index in [0.29, 0.717) is 42.9 Å². The number of imidazole rings is 1. The van der Waals surface area contributed by atoms with Crippen molar-refractivity contribution in [3.63, 3.8) is 0 Å². The summed E-state index contributed by atoms with van der Waals surface area (Å²) in [5.41, 5.74) is 1.52. The van der Waals surface area contributed by atoms with E-state index in [4.69, 9.17) is 12.2 Å². The van der Waals surface area contributed by atoms with Crippen molar-refractivity contribution >= 4 is 24.0 Å². The van der Waals surface area contributed by atoms with Crippen LogP contribution >= 0.6 is 12.2 Å². The van der Waals surface area contributed by atoms with Gasteiger partial charge in [-0.1, -0.05) is 12.1 Å². The van der Waals surface area contributed by atoms with Gasteiger partial charge in [-0.2, -0.15) is 0 Å². The number of H-pyrrole nitrogens is 1. The van der Waals surface area contributed by atoms with Crippen LogP contribution in [0.25, 0.3) is 5.69 Å². The SMILES string of the molecule is O=C(c1ccc(-n2cc[nH]c2=S)cc1)N1CCCN(C(=O)c2ccccc2F)CC1. The van der Waals surface area contributed by atoms with Crippen molar-refractivity contribution in [1.29, 1.82) is 0 Å². The average Bonchev–Trinajstić information content (AvgIpc) is 3.04. The third-order valence-corrected chi connectivity index (χ3v) is 5.53. The van der Waals surface area contributed by atoms with Gasteiger partial charge in [-0.3, -0.25) is 14.2 Å². The minimum absolute atomic E-state index is 0.0660. The quantitative estimate of drug-likeness (QED) is 0.653. The van der Waals surface area contributed by atoms with E-state index in [1.54, 1.807) is 40.3 Å². The lowest BCUT2D eigenvalue weighted by atomic mass is 10.1. The molecule has 30 heavy (non-hydrogen) atoms. The Bertz CT molecular complexity index is 1120. The van der Waals surface area contributed by atoms with Crippen molar-refractivity contribution in [2.45, 2.75) is 6.42 Å². The minimum atomic E-state index is -0.526. The Kier molecular flexibility index (Phi) is 5.76. The first-order valence-electron chi connectivity index (χ1n) is 9.74. The summed E-state index contributed by atoms with van der Waals surface area (Å²) in [7, 11) is 0. The highest BCUT2D eigenvalue weighted by atomic mass is 32.1. The Hall–Kier alpha value is -3.26. The highest BCUT2D eigenvalue weighted by Gasteiger charge is 2.24. The summed E-state index contributed by atoms with van der Waals surface area (Å²) in [6, 6.07) is 13.2. The Morgan fingerprint density at radius 1 is 0.900 bits per heavy atom. The second-order valence-corrected chi connectivity index (χ2v) is 7.49. The van der Waals surface area contributed by atoms with Crippen molar-refractivity contribution in [1.82, 2.24) is 19.4 Å². The van der Waals surface area contributed by atoms with Crippen LogP contribution in [0.3, 0.4) is 0 Å². The van der Waals surface area contributed by atoms with Crippen LogP contribution in [0, 0.1) is 10.6 Å². The molecule has 0 radical (unpaired) electrons. The number of aromatic nitrogens is 2. The number of hydrogen-bond donors (Lipinski definition) is 1. The van der Waals surface area contributed by atoms with E-state index in [1.165, 1.54) is 12.1 Å². The first-order chi connectivity index (χ1) is 14.5. The molecule has 3 aromatic rings. The molecule has 8 heteroatoms. The number of carbonyl (C=O) groups is 2. The molecule has 0 aliphatic carbocycles. The molecule has 1 fully saturated rings. The summed E-state index contributed by atoms with van der Waals surface area (Å²) >= 11 is 5.22. The van der Waals surface area contributed by atoms with Gasteiger partial charge in [0.25, 0.3) is 11.8 Å². The zero-order valence-corrected chi connectivity index (χ0v) is 17.1. The van der Waals surface area contributed by atoms with Gasteiger partial charge in [-0.05, 0) is 55.0 Å². The van der Waals surface area contributed by atoms with Gasteiger partial charge in [0, 0.05) is 49.8 Å². The molecule has 6 nitrogen and oxygen atoms in total. The second kappa shape index (κ2) is 8.62. The van der Waals surface area contributed by atoms with Gasteiger partial charge >= 0.3 is 0 Å². The minimum Gasteiger partial charge on any atom is -0.337 e. The molecule has 0 spiro atoms. The molecule has 1 aliphatic heterocycles. The summed E-state index contributed by atoms with van der Waals surface area (Å²) in [4.78, 5) is 31.9. The number of nitrogens with zero attached hydrogens (tertiary/aromatic N) is 3. The first kappa shape index (κ1) is 20.0. The summed E-state index contributed by atoms with van der Waals surface area (Å²) in [6.07, 6.45) is 4.23. The molecular weight excluding hydrogens is 403 g/mol. The van der Waals surface area contributed by atoms with Gasteiger partial charge < -0.3 is 14.8 Å². The van der Waals surface area contributed by atoms with Gasteiger partial charge in [0.15, 0.2) is 4.77 Å². The Labute approximate surface area is 178 Å². The normalized spacial score (nSPS) is 14.4. The lowest BCUT2D eigenvalue weighted by molar-refractivity contribution is 0.0716. The van der Waals surface area contributed by atoms with Crippen LogP contribution in [0.1, 0.15) is 27.1 Å². The van der Waals surface area contributed by atoms with Gasteiger partial charge in [-0.15, -0.1) is 0 Å². The number of aromatic amines is 1. The monoisotopic (exact) mass is 424 g/mol. The fourth-order valence-electron chi connectivity index (χ4n) is 3.60. The second-order valence-electron chi connectivity index (χ2n) is 7.10. The third kappa shape index (κ3) is 4.04. The lowest BCUT2D eigenvalue weighted by Crippen LogP contribution is -2.37. The molecule has 1 aromatic heterocycles. The Balaban J connectivity index is 1.43. The number of amides is 2. The fourth-order valence-corrected chi connectivity index (χ4v) is 3.83. The molecule has 154 valence electrons. The first-order valence-corrected chi connectivity index (χ1v) is 10.1. The molecule has 0 unspecified atom stereocenters. The van der Waals surface area contributed by atoms with Crippen molar-refractivity contribution in [3.05, 3.63) is 82.6 Å². The third-order valence-electron chi connectivity index (χ3n) is 5.22. The van der Waals surface area contributed by atoms with Crippen molar-refractivity contribution in [2.24, 2.45) is 0 Å². The number of halogens is 1. The predicted molar refractivity (Wildman–Crippen MR) is 114 cm³/mol. The van der Waals surface area contributed by atoms with E-state index in [2.05, 4.69) is 4.98 Å². The van der Waals surface area contributed by atoms with Crippen molar-refractivity contribution in [3.8, 4) is 5.69 Å². The lowest BCUT2D eigenvalue weighted by Gasteiger charge is -2.22. The highest BCUT2D eigenvalue weighted by molar-refractivity contribution is 7.71. The van der Waals surface area contributed by atoms with Crippen LogP contribution in [0.4, 0.5) is 4.39 Å². The van der Waals surface area contributed by atoms with Crippen LogP contribution in [0.2, 0.25) is 0 Å². The summed E-state index contributed by atoms with van der Waals surface area (Å²) < 4.78 is 16.4. The van der Waals surface area contributed by atoms with Crippen LogP contribution in [0.5, 0.6) is 0 Å². The van der Waals surface area contributed by atoms with E-state index >= 15 is 0 Å². The number of hydrogen-bond acceptors (Lipinski definition) is 3. The van der Waals surface area contributed by atoms with E-state index in [1.807, 2.05) is 22.9 Å². The largest absolute Gasteiger partial charge is 0.337 e. The zero-order chi connectivity index (χ0) is 21.1. The van der Waals surface area contributed by atoms with E-state index in [0.717, 1.165) is 5.69 Å². The van der Waals surface area contributed by atoms with E-state index in [9.17, 15) is 14.0 Å². The summed E-state index contributed by atoms with van der Waals surface area (Å²) in [5, 5.41) is 0. The number of benzene rings is 2. The number of carbonyl (C=O) groups excluding carboxylic acids is 2. The maximum Gasteiger partial charge on any atom is 0.256 e. The van der Waals surface area contributed by atoms with E-state index in [-0.39, 0.29) is 17.4 Å². The topological polar surface area (TPSA) is 61.3 Å². The van der Waals surface area contributed by atoms with Crippen molar-refractivity contribution in [2.75, 3.05) is 26.2 Å². The van der Waals surface area contributed by atoms with Gasteiger partial charge in [0.1, 0.15) is 5.82 Å². The molecule has 1 saturated heterocycles. The molecule has 0 bridgehead atoms. The Morgan fingerprint density at radius 2 is 1.57 bits per heavy atom. The highest BCUT2D eigenvalue weighted by Crippen LogP contribution is 2.16. The number of rotatable bonds is 3. The van der Waals surface area contributed by atoms with Crippen LogP contribution in [0.15, 0.2) is 60.9 Å². The molecule has 2 amide bonds. The van der Waals surface area contributed by atoms with Crippen molar-refractivity contribution < 1.29 is 14.0 Å². The predicted octanol–water partition coefficient (Wildman–Crippen LogP) is 3.66. The summed E-state index contributed by atoms with van der Waals surface area (Å²) in [5.74, 6) is -0.947. The summed E-state index contributed by atoms with van der Waals surface area (Å²) in [6.45, 7) is 1.81. The molecule has 1 aliphatic rings. The zero-order valence-electron chi connectivity index (χ0n) is 16.3. The molecule has 0 saturated carbocycles. The Morgan fingerprint density at radius 3 is 2.20 bits per heavy atom. The fraction of sp³-hybridized carbons (Fsp3) is 0.227. The molecule has 4 rings (SSSR count). The van der Waals surface area contributed by atoms with Gasteiger partial charge in [0.05, 0.1) is 5.56 Å². The van der Waals surface area contributed by atoms with Gasteiger partial charge in [0.2, 0.25) is 0 Å². The molecular formula is C22H21FN4O2S. The molecule has 2 aromatic carbocycles. The molecule has 0 atom stereocenters. The van der Waals surface area contributed by atoms with Gasteiger partial charge in [-0.25, -0.2) is 4.39 Å². The van der Waals surface area contributed by atoms with Crippen LogP contribution in [-0.2, 0) is 0 Å². The molecule has 1 N–H and O–H groups in total. The maximum absolute atomic E-state index is 14.0. The van der Waals surface area contributed by atoms with Crippen LogP contribution < -0.4 is 0 Å². The maximum atomic E-state index is 14.0. The standard InChI is InChI=1S/C22H21FN4O2S/c23-19-5-2-1-4-18(19)21(29)26-12-3-11-25(14-15-26)20(28)16-6-8-17(9-7-16)27-13-10-24-22(27)30/h1-2,4-10,13H,3,11-12,14-15H2,(H,24,30). The average molecular weight is 425 g/mol. The number of nitrogens with one attached hydrogen (secondary N) is 1. The van der Waals surface area contributed by atoms with E-state index < -0.39 is 5.82 Å².